The first kappa shape index (κ1) is 12.9. The van der Waals surface area contributed by atoms with Gasteiger partial charge in [-0.05, 0) is 55.7 Å². The minimum absolute atomic E-state index is 0.634. The Kier molecular flexibility index (Phi) is 3.82. The largest absolute Gasteiger partial charge is 0.496 e. The fourth-order valence-electron chi connectivity index (χ4n) is 3.11. The lowest BCUT2D eigenvalue weighted by Crippen LogP contribution is -2.11. The number of methoxy groups -OCH3 is 1. The van der Waals surface area contributed by atoms with Crippen LogP contribution in [0.2, 0.25) is 0 Å². The van der Waals surface area contributed by atoms with Gasteiger partial charge in [0, 0.05) is 10.4 Å². The van der Waals surface area contributed by atoms with Gasteiger partial charge in [-0.1, -0.05) is 28.9 Å². The minimum atomic E-state index is 0.634. The number of hydrogen-bond donors (Lipinski definition) is 0. The molecule has 0 bridgehead atoms. The zero-order valence-electron chi connectivity index (χ0n) is 11.1. The van der Waals surface area contributed by atoms with E-state index in [0.717, 1.165) is 5.75 Å². The molecule has 2 heteroatoms. The van der Waals surface area contributed by atoms with E-state index >= 15 is 0 Å². The molecule has 1 saturated carbocycles. The monoisotopic (exact) mass is 296 g/mol. The molecule has 0 aromatic heterocycles. The maximum Gasteiger partial charge on any atom is 0.122 e. The number of rotatable bonds is 2. The van der Waals surface area contributed by atoms with Crippen molar-refractivity contribution >= 4 is 15.9 Å². The molecule has 1 aliphatic carbocycles. The second-order valence-electron chi connectivity index (χ2n) is 5.26. The molecule has 1 nitrogen and oxygen atoms in total. The minimum Gasteiger partial charge on any atom is -0.496 e. The first-order chi connectivity index (χ1) is 8.04. The van der Waals surface area contributed by atoms with E-state index in [2.05, 4.69) is 48.8 Å². The van der Waals surface area contributed by atoms with Crippen LogP contribution < -0.4 is 4.74 Å². The lowest BCUT2D eigenvalue weighted by Gasteiger charge is -2.23. The highest BCUT2D eigenvalue weighted by atomic mass is 79.9. The highest BCUT2D eigenvalue weighted by molar-refractivity contribution is 9.09. The average molecular weight is 297 g/mol. The summed E-state index contributed by atoms with van der Waals surface area (Å²) in [5, 5.41) is 0. The van der Waals surface area contributed by atoms with E-state index in [4.69, 9.17) is 4.74 Å². The van der Waals surface area contributed by atoms with Crippen molar-refractivity contribution in [2.24, 2.45) is 5.92 Å². The summed E-state index contributed by atoms with van der Waals surface area (Å²) < 4.78 is 5.59. The summed E-state index contributed by atoms with van der Waals surface area (Å²) in [5.41, 5.74) is 4.08. The van der Waals surface area contributed by atoms with E-state index in [9.17, 15) is 0 Å². The van der Waals surface area contributed by atoms with Gasteiger partial charge in [-0.3, -0.25) is 0 Å². The third-order valence-corrected chi connectivity index (χ3v) is 5.33. The van der Waals surface area contributed by atoms with Crippen LogP contribution in [0.15, 0.2) is 12.1 Å². The Morgan fingerprint density at radius 1 is 1.24 bits per heavy atom. The SMILES string of the molecule is COc1cc(C)cc(C)c1C1CCC(Br)C1C. The van der Waals surface area contributed by atoms with E-state index in [1.165, 1.54) is 29.5 Å². The topological polar surface area (TPSA) is 9.23 Å². The van der Waals surface area contributed by atoms with Gasteiger partial charge in [0.1, 0.15) is 5.75 Å². The van der Waals surface area contributed by atoms with Crippen LogP contribution in [0, 0.1) is 19.8 Å². The molecule has 1 fully saturated rings. The molecule has 0 N–H and O–H groups in total. The van der Waals surface area contributed by atoms with Gasteiger partial charge in [0.2, 0.25) is 0 Å². The quantitative estimate of drug-likeness (QED) is 0.725. The molecule has 94 valence electrons. The number of halogens is 1. The second kappa shape index (κ2) is 5.01. The standard InChI is InChI=1S/C15H21BrO/c1-9-7-10(2)15(14(8-9)17-4)12-5-6-13(16)11(12)3/h7-8,11-13H,5-6H2,1-4H3. The predicted octanol–water partition coefficient (Wildman–Crippen LogP) is 4.59. The molecule has 2 rings (SSSR count). The third kappa shape index (κ3) is 2.37. The van der Waals surface area contributed by atoms with Gasteiger partial charge in [0.05, 0.1) is 7.11 Å². The Morgan fingerprint density at radius 2 is 1.94 bits per heavy atom. The zero-order chi connectivity index (χ0) is 12.6. The maximum absolute atomic E-state index is 5.59. The number of aryl methyl sites for hydroxylation is 2. The molecule has 0 heterocycles. The van der Waals surface area contributed by atoms with Crippen LogP contribution in [0.5, 0.6) is 5.75 Å². The van der Waals surface area contributed by atoms with Crippen molar-refractivity contribution < 1.29 is 4.74 Å². The van der Waals surface area contributed by atoms with Crippen molar-refractivity contribution in [3.05, 3.63) is 28.8 Å². The zero-order valence-corrected chi connectivity index (χ0v) is 12.7. The predicted molar refractivity (Wildman–Crippen MR) is 76.3 cm³/mol. The molecule has 0 radical (unpaired) electrons. The number of ether oxygens (including phenoxy) is 1. The molecule has 0 aliphatic heterocycles. The Hall–Kier alpha value is -0.500. The summed E-state index contributed by atoms with van der Waals surface area (Å²) in [6, 6.07) is 4.43. The number of hydrogen-bond acceptors (Lipinski definition) is 1. The van der Waals surface area contributed by atoms with Gasteiger partial charge in [-0.15, -0.1) is 0 Å². The van der Waals surface area contributed by atoms with Gasteiger partial charge in [0.25, 0.3) is 0 Å². The summed E-state index contributed by atoms with van der Waals surface area (Å²) in [7, 11) is 1.78. The van der Waals surface area contributed by atoms with Crippen molar-refractivity contribution in [2.45, 2.75) is 44.4 Å². The molecule has 17 heavy (non-hydrogen) atoms. The van der Waals surface area contributed by atoms with E-state index in [-0.39, 0.29) is 0 Å². The molecule has 0 amide bonds. The van der Waals surface area contributed by atoms with Crippen LogP contribution in [0.25, 0.3) is 0 Å². The molecule has 1 aromatic rings. The average Bonchev–Trinajstić information content (AvgIpc) is 2.59. The van der Waals surface area contributed by atoms with E-state index in [0.29, 0.717) is 16.7 Å². The van der Waals surface area contributed by atoms with Gasteiger partial charge < -0.3 is 4.74 Å². The van der Waals surface area contributed by atoms with Crippen LogP contribution >= 0.6 is 15.9 Å². The molecule has 3 unspecified atom stereocenters. The van der Waals surface area contributed by atoms with Crippen LogP contribution in [0.3, 0.4) is 0 Å². The summed E-state index contributed by atoms with van der Waals surface area (Å²) in [4.78, 5) is 0.651. The van der Waals surface area contributed by atoms with Crippen molar-refractivity contribution in [2.75, 3.05) is 7.11 Å². The lowest BCUT2D eigenvalue weighted by atomic mass is 9.86. The summed E-state index contributed by atoms with van der Waals surface area (Å²) in [6.07, 6.45) is 2.53. The molecule has 0 saturated heterocycles. The van der Waals surface area contributed by atoms with Crippen molar-refractivity contribution in [1.82, 2.24) is 0 Å². The van der Waals surface area contributed by atoms with Crippen LogP contribution in [0.4, 0.5) is 0 Å². The normalized spacial score (nSPS) is 28.4. The highest BCUT2D eigenvalue weighted by Crippen LogP contribution is 2.47. The fourth-order valence-corrected chi connectivity index (χ4v) is 3.74. The Labute approximate surface area is 113 Å². The van der Waals surface area contributed by atoms with Crippen molar-refractivity contribution in [1.29, 1.82) is 0 Å². The first-order valence-corrected chi connectivity index (χ1v) is 7.25. The Bertz CT molecular complexity index is 414. The smallest absolute Gasteiger partial charge is 0.122 e. The van der Waals surface area contributed by atoms with Gasteiger partial charge >= 0.3 is 0 Å². The molecule has 1 aliphatic rings. The molecular weight excluding hydrogens is 276 g/mol. The van der Waals surface area contributed by atoms with E-state index in [1.807, 2.05) is 0 Å². The lowest BCUT2D eigenvalue weighted by molar-refractivity contribution is 0.398. The number of alkyl halides is 1. The van der Waals surface area contributed by atoms with Gasteiger partial charge in [-0.2, -0.15) is 0 Å². The fraction of sp³-hybridized carbons (Fsp3) is 0.600. The van der Waals surface area contributed by atoms with Crippen LogP contribution in [-0.2, 0) is 0 Å². The maximum atomic E-state index is 5.59. The molecular formula is C15H21BrO. The van der Waals surface area contributed by atoms with E-state index in [1.54, 1.807) is 7.11 Å². The Morgan fingerprint density at radius 3 is 2.47 bits per heavy atom. The van der Waals surface area contributed by atoms with Crippen molar-refractivity contribution in [3.63, 3.8) is 0 Å². The van der Waals surface area contributed by atoms with E-state index < -0.39 is 0 Å². The van der Waals surface area contributed by atoms with Crippen LogP contribution in [-0.4, -0.2) is 11.9 Å². The second-order valence-corrected chi connectivity index (χ2v) is 6.43. The highest BCUT2D eigenvalue weighted by Gasteiger charge is 2.34. The number of benzene rings is 1. The summed E-state index contributed by atoms with van der Waals surface area (Å²) in [5.74, 6) is 2.39. The molecule has 3 atom stereocenters. The molecule has 1 aromatic carbocycles. The van der Waals surface area contributed by atoms with Gasteiger partial charge in [0.15, 0.2) is 0 Å². The summed E-state index contributed by atoms with van der Waals surface area (Å²) >= 11 is 3.79. The first-order valence-electron chi connectivity index (χ1n) is 6.33. The van der Waals surface area contributed by atoms with Gasteiger partial charge in [-0.25, -0.2) is 0 Å². The van der Waals surface area contributed by atoms with Crippen molar-refractivity contribution in [3.8, 4) is 5.75 Å². The van der Waals surface area contributed by atoms with Crippen LogP contribution in [0.1, 0.15) is 42.4 Å². The third-order valence-electron chi connectivity index (χ3n) is 4.04. The Balaban J connectivity index is 2.44. The summed E-state index contributed by atoms with van der Waals surface area (Å²) in [6.45, 7) is 6.68. The molecule has 0 spiro atoms.